The molecular weight excluding hydrogens is 166 g/mol. The summed E-state index contributed by atoms with van der Waals surface area (Å²) in [6, 6.07) is 5.76. The number of benzene rings is 1. The van der Waals surface area contributed by atoms with Crippen LogP contribution < -0.4 is 10.1 Å². The van der Waals surface area contributed by atoms with Gasteiger partial charge in [0.05, 0.1) is 6.61 Å². The second kappa shape index (κ2) is 3.47. The van der Waals surface area contributed by atoms with Gasteiger partial charge in [0.1, 0.15) is 5.75 Å². The van der Waals surface area contributed by atoms with Gasteiger partial charge >= 0.3 is 0 Å². The van der Waals surface area contributed by atoms with E-state index in [1.54, 1.807) is 0 Å². The van der Waals surface area contributed by atoms with Crippen molar-refractivity contribution in [3.05, 3.63) is 23.8 Å². The fraction of sp³-hybridized carbons (Fsp3) is 0.300. The van der Waals surface area contributed by atoms with Crippen LogP contribution in [0.3, 0.4) is 0 Å². The Morgan fingerprint density at radius 1 is 1.46 bits per heavy atom. The van der Waals surface area contributed by atoms with Gasteiger partial charge in [-0.3, -0.25) is 4.79 Å². The van der Waals surface area contributed by atoms with Crippen molar-refractivity contribution in [1.29, 1.82) is 0 Å². The summed E-state index contributed by atoms with van der Waals surface area (Å²) in [5.74, 6) is 0.901. The third-order valence-electron chi connectivity index (χ3n) is 2.14. The summed E-state index contributed by atoms with van der Waals surface area (Å²) in [6.07, 6.45) is 2.81. The normalized spacial score (nSPS) is 14.2. The Balaban J connectivity index is 2.29. The first-order valence-electron chi connectivity index (χ1n) is 4.36. The monoisotopic (exact) mass is 177 g/mol. The maximum absolute atomic E-state index is 10.2. The summed E-state index contributed by atoms with van der Waals surface area (Å²) >= 11 is 0. The molecule has 2 rings (SSSR count). The summed E-state index contributed by atoms with van der Waals surface area (Å²) in [5, 5.41) is 2.60. The second-order valence-corrected chi connectivity index (χ2v) is 3.04. The lowest BCUT2D eigenvalue weighted by atomic mass is 10.1. The molecule has 1 aliphatic heterocycles. The Morgan fingerprint density at radius 2 is 2.38 bits per heavy atom. The van der Waals surface area contributed by atoms with Gasteiger partial charge in [0.25, 0.3) is 0 Å². The van der Waals surface area contributed by atoms with Gasteiger partial charge in [-0.2, -0.15) is 0 Å². The van der Waals surface area contributed by atoms with E-state index in [2.05, 4.69) is 5.32 Å². The average molecular weight is 177 g/mol. The molecule has 0 radical (unpaired) electrons. The van der Waals surface area contributed by atoms with Crippen LogP contribution >= 0.6 is 0 Å². The zero-order valence-corrected chi connectivity index (χ0v) is 7.25. The molecule has 0 atom stereocenters. The second-order valence-electron chi connectivity index (χ2n) is 3.04. The number of nitrogens with one attached hydrogen (secondary N) is 1. The Kier molecular flexibility index (Phi) is 2.17. The maximum Gasteiger partial charge on any atom is 0.211 e. The molecule has 1 N–H and O–H groups in total. The largest absolute Gasteiger partial charge is 0.493 e. The Hall–Kier alpha value is -1.51. The summed E-state index contributed by atoms with van der Waals surface area (Å²) in [7, 11) is 0. The smallest absolute Gasteiger partial charge is 0.211 e. The van der Waals surface area contributed by atoms with Crippen LogP contribution in [0.4, 0.5) is 5.69 Å². The predicted molar refractivity (Wildman–Crippen MR) is 49.9 cm³/mol. The van der Waals surface area contributed by atoms with E-state index in [-0.39, 0.29) is 0 Å². The van der Waals surface area contributed by atoms with Crippen LogP contribution in [0.5, 0.6) is 5.75 Å². The molecule has 0 fully saturated rings. The van der Waals surface area contributed by atoms with Crippen molar-refractivity contribution < 1.29 is 9.53 Å². The fourth-order valence-electron chi connectivity index (χ4n) is 1.50. The number of amides is 1. The van der Waals surface area contributed by atoms with E-state index >= 15 is 0 Å². The third-order valence-corrected chi connectivity index (χ3v) is 2.14. The number of fused-ring (bicyclic) bond motifs is 1. The van der Waals surface area contributed by atoms with E-state index in [1.165, 1.54) is 5.56 Å². The molecule has 3 nitrogen and oxygen atoms in total. The first-order chi connectivity index (χ1) is 6.40. The van der Waals surface area contributed by atoms with Crippen molar-refractivity contribution in [1.82, 2.24) is 0 Å². The first-order valence-corrected chi connectivity index (χ1v) is 4.36. The lowest BCUT2D eigenvalue weighted by molar-refractivity contribution is -0.105. The molecule has 0 bridgehead atoms. The molecule has 0 saturated carbocycles. The highest BCUT2D eigenvalue weighted by atomic mass is 16.5. The van der Waals surface area contributed by atoms with Gasteiger partial charge < -0.3 is 10.1 Å². The molecule has 0 aliphatic carbocycles. The van der Waals surface area contributed by atoms with Gasteiger partial charge in [-0.1, -0.05) is 6.07 Å². The Labute approximate surface area is 76.7 Å². The molecular formula is C10H11NO2. The Morgan fingerprint density at radius 3 is 3.23 bits per heavy atom. The van der Waals surface area contributed by atoms with Crippen LogP contribution in [0.25, 0.3) is 0 Å². The van der Waals surface area contributed by atoms with Gasteiger partial charge in [-0.15, -0.1) is 0 Å². The number of anilines is 1. The van der Waals surface area contributed by atoms with Crippen molar-refractivity contribution in [2.24, 2.45) is 0 Å². The standard InChI is InChI=1S/C10H11NO2/c12-7-11-9-4-3-8-2-1-5-13-10(8)6-9/h3-4,6-7H,1-2,5H2,(H,11,12). The molecule has 0 unspecified atom stereocenters. The van der Waals surface area contributed by atoms with Crippen LogP contribution in [0.1, 0.15) is 12.0 Å². The van der Waals surface area contributed by atoms with Crippen LogP contribution in [0.15, 0.2) is 18.2 Å². The number of hydrogen-bond donors (Lipinski definition) is 1. The minimum atomic E-state index is 0.671. The molecule has 3 heteroatoms. The van der Waals surface area contributed by atoms with Gasteiger partial charge in [-0.05, 0) is 24.5 Å². The third kappa shape index (κ3) is 1.64. The minimum absolute atomic E-state index is 0.671. The number of hydrogen-bond acceptors (Lipinski definition) is 2. The summed E-state index contributed by atoms with van der Waals surface area (Å²) < 4.78 is 5.45. The van der Waals surface area contributed by atoms with Crippen LogP contribution in [0.2, 0.25) is 0 Å². The minimum Gasteiger partial charge on any atom is -0.493 e. The first kappa shape index (κ1) is 8.10. The molecule has 1 aromatic carbocycles. The highest BCUT2D eigenvalue weighted by Gasteiger charge is 2.09. The molecule has 1 aliphatic rings. The number of aryl methyl sites for hydroxylation is 1. The van der Waals surface area contributed by atoms with Crippen molar-refractivity contribution >= 4 is 12.1 Å². The van der Waals surface area contributed by atoms with Crippen molar-refractivity contribution in [3.63, 3.8) is 0 Å². The van der Waals surface area contributed by atoms with Crippen molar-refractivity contribution in [2.45, 2.75) is 12.8 Å². The zero-order chi connectivity index (χ0) is 9.10. The Bertz CT molecular complexity index is 323. The molecule has 0 spiro atoms. The van der Waals surface area contributed by atoms with Crippen LogP contribution in [0, 0.1) is 0 Å². The van der Waals surface area contributed by atoms with E-state index in [4.69, 9.17) is 4.74 Å². The van der Waals surface area contributed by atoms with E-state index in [0.717, 1.165) is 30.9 Å². The van der Waals surface area contributed by atoms with E-state index < -0.39 is 0 Å². The van der Waals surface area contributed by atoms with Gasteiger partial charge in [0.2, 0.25) is 6.41 Å². The lowest BCUT2D eigenvalue weighted by Gasteiger charge is -2.17. The zero-order valence-electron chi connectivity index (χ0n) is 7.25. The molecule has 0 aromatic heterocycles. The molecule has 0 saturated heterocycles. The van der Waals surface area contributed by atoms with E-state index in [1.807, 2.05) is 18.2 Å². The number of carbonyl (C=O) groups is 1. The number of rotatable bonds is 2. The molecule has 13 heavy (non-hydrogen) atoms. The summed E-state index contributed by atoms with van der Waals surface area (Å²) in [4.78, 5) is 10.2. The quantitative estimate of drug-likeness (QED) is 0.696. The molecule has 68 valence electrons. The highest BCUT2D eigenvalue weighted by molar-refractivity contribution is 5.72. The van der Waals surface area contributed by atoms with Gasteiger partial charge in [-0.25, -0.2) is 0 Å². The van der Waals surface area contributed by atoms with Gasteiger partial charge in [0.15, 0.2) is 0 Å². The maximum atomic E-state index is 10.2. The van der Waals surface area contributed by atoms with E-state index in [0.29, 0.717) is 6.41 Å². The van der Waals surface area contributed by atoms with Crippen LogP contribution in [-0.2, 0) is 11.2 Å². The van der Waals surface area contributed by atoms with Gasteiger partial charge in [0, 0.05) is 11.8 Å². The summed E-state index contributed by atoms with van der Waals surface area (Å²) in [6.45, 7) is 0.775. The number of ether oxygens (including phenoxy) is 1. The summed E-state index contributed by atoms with van der Waals surface area (Å²) in [5.41, 5.74) is 2.01. The SMILES string of the molecule is O=CNc1ccc2c(c1)OCCC2. The van der Waals surface area contributed by atoms with E-state index in [9.17, 15) is 4.79 Å². The lowest BCUT2D eigenvalue weighted by Crippen LogP contribution is -2.08. The fourth-order valence-corrected chi connectivity index (χ4v) is 1.50. The highest BCUT2D eigenvalue weighted by Crippen LogP contribution is 2.27. The van der Waals surface area contributed by atoms with Crippen molar-refractivity contribution in [2.75, 3.05) is 11.9 Å². The molecule has 1 amide bonds. The molecule has 1 heterocycles. The van der Waals surface area contributed by atoms with Crippen LogP contribution in [-0.4, -0.2) is 13.0 Å². The predicted octanol–water partition coefficient (Wildman–Crippen LogP) is 1.58. The topological polar surface area (TPSA) is 38.3 Å². The number of carbonyl (C=O) groups excluding carboxylic acids is 1. The van der Waals surface area contributed by atoms with Crippen molar-refractivity contribution in [3.8, 4) is 5.75 Å². The molecule has 1 aromatic rings. The average Bonchev–Trinajstić information content (AvgIpc) is 2.18.